The van der Waals surface area contributed by atoms with Crippen molar-refractivity contribution in [2.75, 3.05) is 5.32 Å². The molecule has 4 rings (SSSR count). The predicted molar refractivity (Wildman–Crippen MR) is 105 cm³/mol. The lowest BCUT2D eigenvalue weighted by Crippen LogP contribution is -2.12. The van der Waals surface area contributed by atoms with Gasteiger partial charge in [-0.3, -0.25) is 14.9 Å². The topological polar surface area (TPSA) is 98.3 Å². The molecular formula is C21H15N3O4. The molecule has 138 valence electrons. The van der Waals surface area contributed by atoms with Crippen molar-refractivity contribution in [3.8, 4) is 11.5 Å². The number of nitro benzene ring substituents is 1. The molecule has 0 aliphatic rings. The fraction of sp³-hybridized carbons (Fsp3) is 0.0476. The third kappa shape index (κ3) is 3.33. The van der Waals surface area contributed by atoms with Crippen molar-refractivity contribution in [3.63, 3.8) is 0 Å². The van der Waals surface area contributed by atoms with Gasteiger partial charge in [-0.1, -0.05) is 24.3 Å². The first kappa shape index (κ1) is 17.4. The third-order valence-electron chi connectivity index (χ3n) is 4.34. The molecule has 0 aliphatic heterocycles. The highest BCUT2D eigenvalue weighted by molar-refractivity contribution is 6.05. The van der Waals surface area contributed by atoms with Crippen LogP contribution in [0.2, 0.25) is 0 Å². The largest absolute Gasteiger partial charge is 0.436 e. The minimum atomic E-state index is -0.536. The Balaban J connectivity index is 1.61. The Hall–Kier alpha value is -4.00. The molecule has 0 saturated heterocycles. The third-order valence-corrected chi connectivity index (χ3v) is 4.34. The molecule has 0 radical (unpaired) electrons. The Labute approximate surface area is 159 Å². The summed E-state index contributed by atoms with van der Waals surface area (Å²) >= 11 is 0. The Morgan fingerprint density at radius 1 is 1.07 bits per heavy atom. The molecule has 0 spiro atoms. The van der Waals surface area contributed by atoms with Crippen LogP contribution in [0.5, 0.6) is 0 Å². The number of aromatic nitrogens is 1. The van der Waals surface area contributed by atoms with Crippen molar-refractivity contribution in [1.82, 2.24) is 4.98 Å². The number of nitrogens with one attached hydrogen (secondary N) is 1. The fourth-order valence-electron chi connectivity index (χ4n) is 2.90. The van der Waals surface area contributed by atoms with Crippen LogP contribution in [0.1, 0.15) is 15.9 Å². The predicted octanol–water partition coefficient (Wildman–Crippen LogP) is 4.96. The highest BCUT2D eigenvalue weighted by atomic mass is 16.6. The summed E-state index contributed by atoms with van der Waals surface area (Å²) < 4.78 is 5.82. The van der Waals surface area contributed by atoms with E-state index in [-0.39, 0.29) is 11.3 Å². The van der Waals surface area contributed by atoms with Gasteiger partial charge in [-0.05, 0) is 42.8 Å². The summed E-state index contributed by atoms with van der Waals surface area (Å²) in [5, 5.41) is 13.6. The number of aryl methyl sites for hydroxylation is 1. The van der Waals surface area contributed by atoms with Gasteiger partial charge in [0, 0.05) is 28.9 Å². The molecule has 0 unspecified atom stereocenters. The van der Waals surface area contributed by atoms with Gasteiger partial charge in [0.05, 0.1) is 4.92 Å². The first-order valence-electron chi connectivity index (χ1n) is 8.54. The minimum Gasteiger partial charge on any atom is -0.436 e. The second-order valence-corrected chi connectivity index (χ2v) is 6.28. The molecule has 3 aromatic carbocycles. The molecule has 0 atom stereocenters. The van der Waals surface area contributed by atoms with Gasteiger partial charge in [-0.25, -0.2) is 4.98 Å². The molecule has 0 aliphatic carbocycles. The van der Waals surface area contributed by atoms with Crippen LogP contribution in [0.3, 0.4) is 0 Å². The summed E-state index contributed by atoms with van der Waals surface area (Å²) in [5.74, 6) is 0.0703. The molecule has 0 bridgehead atoms. The number of hydrogen-bond acceptors (Lipinski definition) is 5. The van der Waals surface area contributed by atoms with E-state index in [4.69, 9.17) is 4.42 Å². The van der Waals surface area contributed by atoms with Gasteiger partial charge < -0.3 is 9.73 Å². The number of nitro groups is 1. The normalized spacial score (nSPS) is 10.8. The maximum Gasteiger partial charge on any atom is 0.270 e. The van der Waals surface area contributed by atoms with E-state index >= 15 is 0 Å². The van der Waals surface area contributed by atoms with Crippen molar-refractivity contribution in [1.29, 1.82) is 0 Å². The number of carbonyl (C=O) groups excluding carboxylic acids is 1. The summed E-state index contributed by atoms with van der Waals surface area (Å²) in [7, 11) is 0. The number of non-ortho nitro benzene ring substituents is 1. The monoisotopic (exact) mass is 373 g/mol. The van der Waals surface area contributed by atoms with Gasteiger partial charge in [0.2, 0.25) is 5.89 Å². The van der Waals surface area contributed by atoms with Crippen LogP contribution in [-0.2, 0) is 0 Å². The number of anilines is 1. The molecular weight excluding hydrogens is 358 g/mol. The van der Waals surface area contributed by atoms with Crippen molar-refractivity contribution >= 4 is 28.4 Å². The van der Waals surface area contributed by atoms with E-state index in [0.717, 1.165) is 11.1 Å². The van der Waals surface area contributed by atoms with Crippen LogP contribution in [-0.4, -0.2) is 15.8 Å². The zero-order chi connectivity index (χ0) is 19.7. The van der Waals surface area contributed by atoms with Crippen LogP contribution < -0.4 is 5.32 Å². The van der Waals surface area contributed by atoms with Crippen molar-refractivity contribution in [3.05, 3.63) is 88.0 Å². The second-order valence-electron chi connectivity index (χ2n) is 6.28. The van der Waals surface area contributed by atoms with Gasteiger partial charge in [0.25, 0.3) is 11.6 Å². The van der Waals surface area contributed by atoms with Gasteiger partial charge in [0.1, 0.15) is 5.52 Å². The molecule has 7 heteroatoms. The zero-order valence-corrected chi connectivity index (χ0v) is 14.9. The Morgan fingerprint density at radius 2 is 1.89 bits per heavy atom. The quantitative estimate of drug-likeness (QED) is 0.402. The van der Waals surface area contributed by atoms with Gasteiger partial charge in [0.15, 0.2) is 5.58 Å². The summed E-state index contributed by atoms with van der Waals surface area (Å²) in [4.78, 5) is 27.3. The molecule has 1 aromatic heterocycles. The summed E-state index contributed by atoms with van der Waals surface area (Å²) in [6.45, 7) is 1.98. The Morgan fingerprint density at radius 3 is 2.68 bits per heavy atom. The first-order valence-corrected chi connectivity index (χ1v) is 8.54. The molecule has 1 amide bonds. The van der Waals surface area contributed by atoms with Crippen molar-refractivity contribution < 1.29 is 14.1 Å². The van der Waals surface area contributed by atoms with E-state index in [1.807, 2.05) is 31.2 Å². The first-order chi connectivity index (χ1) is 13.5. The average molecular weight is 373 g/mol. The van der Waals surface area contributed by atoms with E-state index in [2.05, 4.69) is 10.3 Å². The molecule has 0 saturated carbocycles. The van der Waals surface area contributed by atoms with Gasteiger partial charge >= 0.3 is 0 Å². The van der Waals surface area contributed by atoms with Crippen molar-refractivity contribution in [2.24, 2.45) is 0 Å². The van der Waals surface area contributed by atoms with E-state index in [1.54, 1.807) is 18.2 Å². The van der Waals surface area contributed by atoms with Crippen LogP contribution >= 0.6 is 0 Å². The standard InChI is InChI=1S/C21H15N3O4/c1-13-5-2-3-8-17(13)21-23-18-12-15(9-10-19(18)28-21)22-20(25)14-6-4-7-16(11-14)24(26)27/h2-12H,1H3,(H,22,25). The van der Waals surface area contributed by atoms with Crippen LogP contribution in [0, 0.1) is 17.0 Å². The lowest BCUT2D eigenvalue weighted by Gasteiger charge is -2.04. The highest BCUT2D eigenvalue weighted by Gasteiger charge is 2.14. The number of fused-ring (bicyclic) bond motifs is 1. The van der Waals surface area contributed by atoms with Crippen LogP contribution in [0.25, 0.3) is 22.6 Å². The van der Waals surface area contributed by atoms with E-state index in [9.17, 15) is 14.9 Å². The number of rotatable bonds is 4. The molecule has 7 nitrogen and oxygen atoms in total. The van der Waals surface area contributed by atoms with E-state index in [1.165, 1.54) is 24.3 Å². The lowest BCUT2D eigenvalue weighted by atomic mass is 10.1. The molecule has 4 aromatic rings. The number of hydrogen-bond donors (Lipinski definition) is 1. The minimum absolute atomic E-state index is 0.137. The summed E-state index contributed by atoms with van der Waals surface area (Å²) in [6, 6.07) is 18.5. The molecule has 1 N–H and O–H groups in total. The van der Waals surface area contributed by atoms with Gasteiger partial charge in [-0.15, -0.1) is 0 Å². The van der Waals surface area contributed by atoms with E-state index in [0.29, 0.717) is 22.7 Å². The number of carbonyl (C=O) groups is 1. The number of amides is 1. The number of oxazole rings is 1. The summed E-state index contributed by atoms with van der Waals surface area (Å²) in [5.41, 5.74) is 3.75. The second kappa shape index (κ2) is 6.96. The van der Waals surface area contributed by atoms with Gasteiger partial charge in [-0.2, -0.15) is 0 Å². The molecule has 0 fully saturated rings. The van der Waals surface area contributed by atoms with Crippen LogP contribution in [0.4, 0.5) is 11.4 Å². The fourth-order valence-corrected chi connectivity index (χ4v) is 2.90. The Kier molecular flexibility index (Phi) is 4.33. The highest BCUT2D eigenvalue weighted by Crippen LogP contribution is 2.28. The maximum atomic E-state index is 12.4. The average Bonchev–Trinajstić information content (AvgIpc) is 3.11. The zero-order valence-electron chi connectivity index (χ0n) is 14.9. The number of benzene rings is 3. The summed E-state index contributed by atoms with van der Waals surface area (Å²) in [6.07, 6.45) is 0. The smallest absolute Gasteiger partial charge is 0.270 e. The number of nitrogens with zero attached hydrogens (tertiary/aromatic N) is 2. The molecule has 28 heavy (non-hydrogen) atoms. The Bertz CT molecular complexity index is 1210. The SMILES string of the molecule is Cc1ccccc1-c1nc2cc(NC(=O)c3cccc([N+](=O)[O-])c3)ccc2o1. The lowest BCUT2D eigenvalue weighted by molar-refractivity contribution is -0.384. The van der Waals surface area contributed by atoms with Crippen molar-refractivity contribution in [2.45, 2.75) is 6.92 Å². The van der Waals surface area contributed by atoms with E-state index < -0.39 is 10.8 Å². The maximum absolute atomic E-state index is 12.4. The van der Waals surface area contributed by atoms with Crippen LogP contribution in [0.15, 0.2) is 71.1 Å². The molecule has 1 heterocycles.